The van der Waals surface area contributed by atoms with E-state index in [9.17, 15) is 4.79 Å². The lowest BCUT2D eigenvalue weighted by Crippen LogP contribution is -1.91. The molecule has 0 N–H and O–H groups in total. The highest BCUT2D eigenvalue weighted by Gasteiger charge is 2.17. The van der Waals surface area contributed by atoms with E-state index in [1.807, 2.05) is 6.07 Å². The van der Waals surface area contributed by atoms with Crippen LogP contribution in [0.15, 0.2) is 21.6 Å². The van der Waals surface area contributed by atoms with E-state index in [2.05, 4.69) is 0 Å². The third-order valence-corrected chi connectivity index (χ3v) is 3.56. The molecule has 1 aliphatic rings. The highest BCUT2D eigenvalue weighted by Crippen LogP contribution is 2.35. The average molecular weight is 196 g/mol. The van der Waals surface area contributed by atoms with Crippen molar-refractivity contribution in [1.82, 2.24) is 0 Å². The molecule has 0 unspecified atom stereocenters. The van der Waals surface area contributed by atoms with Crippen LogP contribution in [-0.2, 0) is 0 Å². The Bertz CT molecular complexity index is 287. The van der Waals surface area contributed by atoms with E-state index in [1.165, 1.54) is 25.7 Å². The van der Waals surface area contributed by atoms with Gasteiger partial charge in [0.15, 0.2) is 17.1 Å². The molecule has 0 saturated heterocycles. The first-order valence-electron chi connectivity index (χ1n) is 4.60. The van der Waals surface area contributed by atoms with Gasteiger partial charge in [0.05, 0.1) is 0 Å². The van der Waals surface area contributed by atoms with Gasteiger partial charge in [-0.25, -0.2) is 0 Å². The first kappa shape index (κ1) is 8.88. The third-order valence-electron chi connectivity index (χ3n) is 2.30. The van der Waals surface area contributed by atoms with Gasteiger partial charge in [-0.1, -0.05) is 24.6 Å². The molecular weight excluding hydrogens is 184 g/mol. The Kier molecular flexibility index (Phi) is 2.74. The van der Waals surface area contributed by atoms with E-state index in [0.29, 0.717) is 11.0 Å². The van der Waals surface area contributed by atoms with Crippen molar-refractivity contribution < 1.29 is 9.21 Å². The molecule has 0 radical (unpaired) electrons. The maximum absolute atomic E-state index is 10.4. The Balaban J connectivity index is 1.96. The van der Waals surface area contributed by atoms with Gasteiger partial charge in [0, 0.05) is 5.25 Å². The van der Waals surface area contributed by atoms with Crippen molar-refractivity contribution in [2.24, 2.45) is 0 Å². The van der Waals surface area contributed by atoms with Gasteiger partial charge in [-0.3, -0.25) is 4.79 Å². The zero-order valence-corrected chi connectivity index (χ0v) is 8.18. The fourth-order valence-corrected chi connectivity index (χ4v) is 2.82. The summed E-state index contributed by atoms with van der Waals surface area (Å²) in [5, 5.41) is 1.58. The summed E-state index contributed by atoms with van der Waals surface area (Å²) in [6, 6.07) is 3.61. The van der Waals surface area contributed by atoms with E-state index in [4.69, 9.17) is 4.42 Å². The Morgan fingerprint density at radius 3 is 2.77 bits per heavy atom. The third kappa shape index (κ3) is 2.15. The summed E-state index contributed by atoms with van der Waals surface area (Å²) < 4.78 is 5.29. The molecule has 0 aromatic carbocycles. The van der Waals surface area contributed by atoms with Crippen molar-refractivity contribution >= 4 is 18.0 Å². The summed E-state index contributed by atoms with van der Waals surface area (Å²) in [6.45, 7) is 0. The van der Waals surface area contributed by atoms with Crippen LogP contribution in [0.5, 0.6) is 0 Å². The molecule has 2 rings (SSSR count). The van der Waals surface area contributed by atoms with Crippen LogP contribution in [-0.4, -0.2) is 11.5 Å². The molecule has 1 aliphatic carbocycles. The van der Waals surface area contributed by atoms with Crippen LogP contribution in [0.1, 0.15) is 36.2 Å². The number of carbonyl (C=O) groups excluding carboxylic acids is 1. The monoisotopic (exact) mass is 196 g/mol. The Morgan fingerprint density at radius 2 is 2.15 bits per heavy atom. The van der Waals surface area contributed by atoms with E-state index >= 15 is 0 Å². The molecular formula is C10H12O2S. The number of hydrogen-bond donors (Lipinski definition) is 0. The first-order chi connectivity index (χ1) is 6.38. The molecule has 13 heavy (non-hydrogen) atoms. The Labute approximate surface area is 81.7 Å². The summed E-state index contributed by atoms with van der Waals surface area (Å²) in [5.74, 6) is 0.431. The fourth-order valence-electron chi connectivity index (χ4n) is 1.63. The van der Waals surface area contributed by atoms with Gasteiger partial charge in [-0.15, -0.1) is 0 Å². The predicted octanol–water partition coefficient (Wildman–Crippen LogP) is 3.13. The van der Waals surface area contributed by atoms with Crippen molar-refractivity contribution in [3.8, 4) is 0 Å². The van der Waals surface area contributed by atoms with Crippen LogP contribution in [0, 0.1) is 0 Å². The fraction of sp³-hybridized carbons (Fsp3) is 0.500. The smallest absolute Gasteiger partial charge is 0.185 e. The maximum atomic E-state index is 10.4. The van der Waals surface area contributed by atoms with Gasteiger partial charge in [-0.05, 0) is 25.0 Å². The lowest BCUT2D eigenvalue weighted by Gasteiger charge is -2.03. The van der Waals surface area contributed by atoms with Gasteiger partial charge in [0.2, 0.25) is 0 Å². The van der Waals surface area contributed by atoms with E-state index < -0.39 is 0 Å². The van der Waals surface area contributed by atoms with E-state index in [0.717, 1.165) is 11.4 Å². The highest BCUT2D eigenvalue weighted by atomic mass is 32.2. The second-order valence-electron chi connectivity index (χ2n) is 3.30. The molecule has 1 heterocycles. The lowest BCUT2D eigenvalue weighted by molar-refractivity contribution is 0.109. The molecule has 3 heteroatoms. The summed E-state index contributed by atoms with van der Waals surface area (Å²) in [7, 11) is 0. The molecule has 1 aromatic heterocycles. The zero-order chi connectivity index (χ0) is 9.10. The lowest BCUT2D eigenvalue weighted by atomic mass is 10.4. The van der Waals surface area contributed by atoms with Crippen LogP contribution in [0.25, 0.3) is 0 Å². The van der Waals surface area contributed by atoms with Crippen LogP contribution >= 0.6 is 11.8 Å². The quantitative estimate of drug-likeness (QED) is 0.696. The standard InChI is InChI=1S/C10H12O2S/c11-7-8-5-6-10(12-8)13-9-3-1-2-4-9/h5-7,9H,1-4H2. The Hall–Kier alpha value is -0.700. The number of hydrogen-bond acceptors (Lipinski definition) is 3. The van der Waals surface area contributed by atoms with E-state index in [-0.39, 0.29) is 0 Å². The van der Waals surface area contributed by atoms with Crippen molar-refractivity contribution in [3.63, 3.8) is 0 Å². The number of aldehydes is 1. The first-order valence-corrected chi connectivity index (χ1v) is 5.48. The van der Waals surface area contributed by atoms with Crippen molar-refractivity contribution in [2.45, 2.75) is 36.0 Å². The molecule has 0 spiro atoms. The van der Waals surface area contributed by atoms with Crippen molar-refractivity contribution in [1.29, 1.82) is 0 Å². The molecule has 0 atom stereocenters. The zero-order valence-electron chi connectivity index (χ0n) is 7.36. The minimum atomic E-state index is 0.431. The van der Waals surface area contributed by atoms with E-state index in [1.54, 1.807) is 17.8 Å². The molecule has 0 bridgehead atoms. The number of furan rings is 1. The minimum Gasteiger partial charge on any atom is -0.447 e. The number of carbonyl (C=O) groups is 1. The molecule has 1 saturated carbocycles. The average Bonchev–Trinajstić information content (AvgIpc) is 2.76. The minimum absolute atomic E-state index is 0.431. The molecule has 0 amide bonds. The van der Waals surface area contributed by atoms with Crippen molar-refractivity contribution in [3.05, 3.63) is 17.9 Å². The molecule has 1 fully saturated rings. The second-order valence-corrected chi connectivity index (χ2v) is 4.60. The summed E-state index contributed by atoms with van der Waals surface area (Å²) >= 11 is 1.76. The van der Waals surface area contributed by atoms with Gasteiger partial charge in [0.1, 0.15) is 0 Å². The second kappa shape index (κ2) is 4.01. The normalized spacial score (nSPS) is 17.8. The molecule has 0 aliphatic heterocycles. The van der Waals surface area contributed by atoms with Crippen LogP contribution in [0.4, 0.5) is 0 Å². The van der Waals surface area contributed by atoms with Gasteiger partial charge < -0.3 is 4.42 Å². The van der Waals surface area contributed by atoms with Crippen LogP contribution in [0.3, 0.4) is 0 Å². The molecule has 2 nitrogen and oxygen atoms in total. The van der Waals surface area contributed by atoms with Gasteiger partial charge >= 0.3 is 0 Å². The SMILES string of the molecule is O=Cc1ccc(SC2CCCC2)o1. The number of thioether (sulfide) groups is 1. The maximum Gasteiger partial charge on any atom is 0.185 e. The molecule has 1 aromatic rings. The Morgan fingerprint density at radius 1 is 1.38 bits per heavy atom. The summed E-state index contributed by atoms with van der Waals surface area (Å²) in [4.78, 5) is 10.4. The highest BCUT2D eigenvalue weighted by molar-refractivity contribution is 7.99. The van der Waals surface area contributed by atoms with Crippen molar-refractivity contribution in [2.75, 3.05) is 0 Å². The number of rotatable bonds is 3. The van der Waals surface area contributed by atoms with Crippen LogP contribution in [0.2, 0.25) is 0 Å². The largest absolute Gasteiger partial charge is 0.447 e. The van der Waals surface area contributed by atoms with Crippen LogP contribution < -0.4 is 0 Å². The van der Waals surface area contributed by atoms with Gasteiger partial charge in [-0.2, -0.15) is 0 Å². The summed E-state index contributed by atoms with van der Waals surface area (Å²) in [6.07, 6.45) is 5.97. The summed E-state index contributed by atoms with van der Waals surface area (Å²) in [5.41, 5.74) is 0. The predicted molar refractivity (Wildman–Crippen MR) is 52.2 cm³/mol. The topological polar surface area (TPSA) is 30.2 Å². The molecule has 70 valence electrons. The van der Waals surface area contributed by atoms with Gasteiger partial charge in [0.25, 0.3) is 0 Å².